The molecule has 20 heavy (non-hydrogen) atoms. The molecule has 1 heterocycles. The summed E-state index contributed by atoms with van der Waals surface area (Å²) in [6, 6.07) is 6.24. The molecular weight excluding hydrogens is 248 g/mol. The molecule has 0 aromatic heterocycles. The van der Waals surface area contributed by atoms with Gasteiger partial charge in [0.2, 0.25) is 5.91 Å². The van der Waals surface area contributed by atoms with E-state index in [1.54, 1.807) is 0 Å². The number of carbonyl (C=O) groups excluding carboxylic acids is 1. The molecule has 0 bridgehead atoms. The largest absolute Gasteiger partial charge is 0.355 e. The van der Waals surface area contributed by atoms with Crippen molar-refractivity contribution in [3.05, 3.63) is 34.9 Å². The highest BCUT2D eigenvalue weighted by molar-refractivity contribution is 5.78. The monoisotopic (exact) mass is 274 g/mol. The van der Waals surface area contributed by atoms with E-state index in [-0.39, 0.29) is 11.3 Å². The van der Waals surface area contributed by atoms with E-state index in [9.17, 15) is 4.79 Å². The standard InChI is InChI=1S/C17H26N2O/c1-13-5-6-15(9-14(13)2)10-16(20)19-12-17(3)7-4-8-18-11-17/h5-6,9,18H,4,7-8,10-12H2,1-3H3,(H,19,20). The van der Waals surface area contributed by atoms with E-state index >= 15 is 0 Å². The molecule has 0 radical (unpaired) electrons. The Morgan fingerprint density at radius 3 is 2.80 bits per heavy atom. The van der Waals surface area contributed by atoms with Gasteiger partial charge in [-0.25, -0.2) is 0 Å². The molecule has 3 heteroatoms. The van der Waals surface area contributed by atoms with Crippen LogP contribution in [0.2, 0.25) is 0 Å². The van der Waals surface area contributed by atoms with E-state index in [1.165, 1.54) is 24.0 Å². The summed E-state index contributed by atoms with van der Waals surface area (Å²) in [7, 11) is 0. The second kappa shape index (κ2) is 6.40. The van der Waals surface area contributed by atoms with Gasteiger partial charge in [0.15, 0.2) is 0 Å². The molecular formula is C17H26N2O. The molecule has 1 aliphatic rings. The molecule has 0 saturated carbocycles. The fraction of sp³-hybridized carbons (Fsp3) is 0.588. The Balaban J connectivity index is 1.84. The number of hydrogen-bond donors (Lipinski definition) is 2. The topological polar surface area (TPSA) is 41.1 Å². The van der Waals surface area contributed by atoms with Gasteiger partial charge in [0.1, 0.15) is 0 Å². The molecule has 1 fully saturated rings. The van der Waals surface area contributed by atoms with Crippen molar-refractivity contribution in [2.24, 2.45) is 5.41 Å². The van der Waals surface area contributed by atoms with Crippen LogP contribution < -0.4 is 10.6 Å². The van der Waals surface area contributed by atoms with Crippen molar-refractivity contribution in [2.45, 2.75) is 40.0 Å². The average Bonchev–Trinajstić information content (AvgIpc) is 2.42. The Labute approximate surface area is 122 Å². The molecule has 1 atom stereocenters. The van der Waals surface area contributed by atoms with Gasteiger partial charge in [0.05, 0.1) is 6.42 Å². The van der Waals surface area contributed by atoms with Crippen molar-refractivity contribution in [3.8, 4) is 0 Å². The lowest BCUT2D eigenvalue weighted by Crippen LogP contribution is -2.45. The predicted octanol–water partition coefficient (Wildman–Crippen LogP) is 2.35. The smallest absolute Gasteiger partial charge is 0.224 e. The first kappa shape index (κ1) is 15.0. The van der Waals surface area contributed by atoms with E-state index in [1.807, 2.05) is 6.07 Å². The Bertz CT molecular complexity index is 476. The maximum absolute atomic E-state index is 12.1. The van der Waals surface area contributed by atoms with Crippen molar-refractivity contribution in [3.63, 3.8) is 0 Å². The van der Waals surface area contributed by atoms with Crippen molar-refractivity contribution >= 4 is 5.91 Å². The molecule has 1 aromatic rings. The van der Waals surface area contributed by atoms with Crippen LogP contribution in [-0.2, 0) is 11.2 Å². The molecule has 1 aliphatic heterocycles. The number of carbonyl (C=O) groups is 1. The Kier molecular flexibility index (Phi) is 4.81. The van der Waals surface area contributed by atoms with Crippen molar-refractivity contribution in [2.75, 3.05) is 19.6 Å². The molecule has 0 spiro atoms. The van der Waals surface area contributed by atoms with Gasteiger partial charge in [-0.3, -0.25) is 4.79 Å². The average molecular weight is 274 g/mol. The molecule has 2 N–H and O–H groups in total. The van der Waals surface area contributed by atoms with Gasteiger partial charge in [-0.2, -0.15) is 0 Å². The van der Waals surface area contributed by atoms with E-state index < -0.39 is 0 Å². The van der Waals surface area contributed by atoms with E-state index in [2.05, 4.69) is 43.5 Å². The maximum Gasteiger partial charge on any atom is 0.224 e. The highest BCUT2D eigenvalue weighted by atomic mass is 16.1. The zero-order chi connectivity index (χ0) is 14.6. The Hall–Kier alpha value is -1.35. The van der Waals surface area contributed by atoms with Crippen molar-refractivity contribution < 1.29 is 4.79 Å². The third-order valence-electron chi connectivity index (χ3n) is 4.33. The summed E-state index contributed by atoms with van der Waals surface area (Å²) < 4.78 is 0. The van der Waals surface area contributed by atoms with Crippen LogP contribution in [0.25, 0.3) is 0 Å². The van der Waals surface area contributed by atoms with Gasteiger partial charge < -0.3 is 10.6 Å². The van der Waals surface area contributed by atoms with Crippen LogP contribution in [0.4, 0.5) is 0 Å². The lowest BCUT2D eigenvalue weighted by Gasteiger charge is -2.34. The number of hydrogen-bond acceptors (Lipinski definition) is 2. The number of aryl methyl sites for hydroxylation is 2. The summed E-state index contributed by atoms with van der Waals surface area (Å²) in [6.45, 7) is 9.30. The fourth-order valence-electron chi connectivity index (χ4n) is 2.74. The molecule has 3 nitrogen and oxygen atoms in total. The highest BCUT2D eigenvalue weighted by Crippen LogP contribution is 2.24. The second-order valence-corrected chi connectivity index (χ2v) is 6.46. The second-order valence-electron chi connectivity index (χ2n) is 6.46. The number of amides is 1. The van der Waals surface area contributed by atoms with Crippen molar-refractivity contribution in [1.29, 1.82) is 0 Å². The summed E-state index contributed by atoms with van der Waals surface area (Å²) in [5.41, 5.74) is 3.82. The first-order valence-corrected chi connectivity index (χ1v) is 7.52. The zero-order valence-corrected chi connectivity index (χ0v) is 12.9. The Morgan fingerprint density at radius 2 is 2.15 bits per heavy atom. The number of benzene rings is 1. The van der Waals surface area contributed by atoms with Gasteiger partial charge in [-0.05, 0) is 55.3 Å². The Morgan fingerprint density at radius 1 is 1.35 bits per heavy atom. The van der Waals surface area contributed by atoms with Crippen LogP contribution in [-0.4, -0.2) is 25.5 Å². The minimum atomic E-state index is 0.125. The minimum Gasteiger partial charge on any atom is -0.355 e. The third kappa shape index (κ3) is 4.07. The number of nitrogens with one attached hydrogen (secondary N) is 2. The minimum absolute atomic E-state index is 0.125. The van der Waals surface area contributed by atoms with Crippen molar-refractivity contribution in [1.82, 2.24) is 10.6 Å². The van der Waals surface area contributed by atoms with Crippen LogP contribution in [0, 0.1) is 19.3 Å². The van der Waals surface area contributed by atoms with Gasteiger partial charge in [0, 0.05) is 13.1 Å². The summed E-state index contributed by atoms with van der Waals surface area (Å²) in [4.78, 5) is 12.1. The van der Waals surface area contributed by atoms with E-state index in [0.717, 1.165) is 25.2 Å². The van der Waals surface area contributed by atoms with Crippen LogP contribution in [0.1, 0.15) is 36.5 Å². The molecule has 1 aromatic carbocycles. The summed E-state index contributed by atoms with van der Waals surface area (Å²) >= 11 is 0. The van der Waals surface area contributed by atoms with Crippen LogP contribution >= 0.6 is 0 Å². The van der Waals surface area contributed by atoms with Gasteiger partial charge in [0.25, 0.3) is 0 Å². The molecule has 0 aliphatic carbocycles. The van der Waals surface area contributed by atoms with Crippen LogP contribution in [0.3, 0.4) is 0 Å². The van der Waals surface area contributed by atoms with Gasteiger partial charge in [-0.1, -0.05) is 25.1 Å². The SMILES string of the molecule is Cc1ccc(CC(=O)NCC2(C)CCCNC2)cc1C. The first-order chi connectivity index (χ1) is 9.48. The zero-order valence-electron chi connectivity index (χ0n) is 12.9. The summed E-state index contributed by atoms with van der Waals surface area (Å²) in [6.07, 6.45) is 2.86. The van der Waals surface area contributed by atoms with Gasteiger partial charge in [-0.15, -0.1) is 0 Å². The van der Waals surface area contributed by atoms with E-state index in [4.69, 9.17) is 0 Å². The quantitative estimate of drug-likeness (QED) is 0.885. The normalized spacial score (nSPS) is 22.6. The molecule has 110 valence electrons. The highest BCUT2D eigenvalue weighted by Gasteiger charge is 2.26. The van der Waals surface area contributed by atoms with Gasteiger partial charge >= 0.3 is 0 Å². The molecule has 1 saturated heterocycles. The first-order valence-electron chi connectivity index (χ1n) is 7.52. The van der Waals surface area contributed by atoms with E-state index in [0.29, 0.717) is 6.42 Å². The lowest BCUT2D eigenvalue weighted by atomic mass is 9.83. The third-order valence-corrected chi connectivity index (χ3v) is 4.33. The molecule has 1 amide bonds. The lowest BCUT2D eigenvalue weighted by molar-refractivity contribution is -0.121. The molecule has 1 unspecified atom stereocenters. The fourth-order valence-corrected chi connectivity index (χ4v) is 2.74. The van der Waals surface area contributed by atoms with Crippen LogP contribution in [0.15, 0.2) is 18.2 Å². The van der Waals surface area contributed by atoms with Crippen LogP contribution in [0.5, 0.6) is 0 Å². The number of piperidine rings is 1. The molecule has 2 rings (SSSR count). The summed E-state index contributed by atoms with van der Waals surface area (Å²) in [5.74, 6) is 0.125. The predicted molar refractivity (Wildman–Crippen MR) is 82.8 cm³/mol. The summed E-state index contributed by atoms with van der Waals surface area (Å²) in [5, 5.41) is 6.51. The number of rotatable bonds is 4. The maximum atomic E-state index is 12.1.